The molecule has 0 bridgehead atoms. The summed E-state index contributed by atoms with van der Waals surface area (Å²) in [6.45, 7) is 2.98. The molecule has 15 heavy (non-hydrogen) atoms. The van der Waals surface area contributed by atoms with Crippen LogP contribution in [0, 0.1) is 6.92 Å². The fourth-order valence-electron chi connectivity index (χ4n) is 1.19. The molecular formula is C12H16N2O. The van der Waals surface area contributed by atoms with Gasteiger partial charge in [-0.1, -0.05) is 24.3 Å². The van der Waals surface area contributed by atoms with Crippen LogP contribution in [0.3, 0.4) is 0 Å². The van der Waals surface area contributed by atoms with Gasteiger partial charge in [0.05, 0.1) is 0 Å². The van der Waals surface area contributed by atoms with Crippen molar-refractivity contribution in [3.05, 3.63) is 41.5 Å². The van der Waals surface area contributed by atoms with Gasteiger partial charge in [-0.25, -0.2) is 0 Å². The van der Waals surface area contributed by atoms with Crippen LogP contribution >= 0.6 is 0 Å². The van der Waals surface area contributed by atoms with Crippen LogP contribution in [-0.4, -0.2) is 19.0 Å². The number of aryl methyl sites for hydroxylation is 1. The van der Waals surface area contributed by atoms with Gasteiger partial charge in [0.2, 0.25) is 5.91 Å². The molecule has 0 aliphatic rings. The molecule has 0 unspecified atom stereocenters. The minimum atomic E-state index is -0.108. The van der Waals surface area contributed by atoms with Crippen LogP contribution in [0.5, 0.6) is 0 Å². The van der Waals surface area contributed by atoms with Gasteiger partial charge in [0.15, 0.2) is 0 Å². The van der Waals surface area contributed by atoms with Crippen LogP contribution in [0.1, 0.15) is 11.1 Å². The van der Waals surface area contributed by atoms with E-state index in [4.69, 9.17) is 5.73 Å². The number of carbonyl (C=O) groups excluding carboxylic acids is 1. The van der Waals surface area contributed by atoms with Gasteiger partial charge < -0.3 is 11.1 Å². The molecule has 0 heterocycles. The van der Waals surface area contributed by atoms with E-state index in [0.29, 0.717) is 13.1 Å². The molecular weight excluding hydrogens is 188 g/mol. The summed E-state index contributed by atoms with van der Waals surface area (Å²) in [6.07, 6.45) is 3.33. The van der Waals surface area contributed by atoms with E-state index in [1.807, 2.05) is 31.2 Å². The fourth-order valence-corrected chi connectivity index (χ4v) is 1.19. The Kier molecular flexibility index (Phi) is 4.57. The van der Waals surface area contributed by atoms with Crippen molar-refractivity contribution in [3.63, 3.8) is 0 Å². The topological polar surface area (TPSA) is 55.1 Å². The molecule has 1 amide bonds. The molecule has 1 aromatic carbocycles. The molecule has 1 rings (SSSR count). The van der Waals surface area contributed by atoms with Gasteiger partial charge in [-0.15, -0.1) is 0 Å². The maximum Gasteiger partial charge on any atom is 0.244 e. The Morgan fingerprint density at radius 1 is 1.47 bits per heavy atom. The molecule has 0 aliphatic heterocycles. The minimum Gasteiger partial charge on any atom is -0.351 e. The van der Waals surface area contributed by atoms with Crippen LogP contribution in [0.15, 0.2) is 30.3 Å². The molecule has 3 nitrogen and oxygen atoms in total. The summed E-state index contributed by atoms with van der Waals surface area (Å²) in [5.41, 5.74) is 7.48. The lowest BCUT2D eigenvalue weighted by Gasteiger charge is -1.99. The molecule has 0 spiro atoms. The highest BCUT2D eigenvalue weighted by atomic mass is 16.1. The minimum absolute atomic E-state index is 0.108. The lowest BCUT2D eigenvalue weighted by molar-refractivity contribution is -0.116. The molecule has 0 saturated heterocycles. The van der Waals surface area contributed by atoms with E-state index in [0.717, 1.165) is 11.1 Å². The van der Waals surface area contributed by atoms with Crippen molar-refractivity contribution in [2.45, 2.75) is 6.92 Å². The normalized spacial score (nSPS) is 10.5. The van der Waals surface area contributed by atoms with Gasteiger partial charge in [0.25, 0.3) is 0 Å². The van der Waals surface area contributed by atoms with Crippen LogP contribution in [0.2, 0.25) is 0 Å². The van der Waals surface area contributed by atoms with Gasteiger partial charge in [-0.2, -0.15) is 0 Å². The van der Waals surface area contributed by atoms with Crippen LogP contribution in [0.25, 0.3) is 6.08 Å². The van der Waals surface area contributed by atoms with E-state index in [2.05, 4.69) is 5.32 Å². The predicted molar refractivity (Wildman–Crippen MR) is 62.3 cm³/mol. The average molecular weight is 204 g/mol. The molecule has 0 atom stereocenters. The maximum absolute atomic E-state index is 11.2. The molecule has 0 aromatic heterocycles. The van der Waals surface area contributed by atoms with Crippen molar-refractivity contribution in [1.82, 2.24) is 5.32 Å². The zero-order valence-electron chi connectivity index (χ0n) is 8.86. The van der Waals surface area contributed by atoms with Crippen LogP contribution in [-0.2, 0) is 4.79 Å². The van der Waals surface area contributed by atoms with Crippen molar-refractivity contribution in [2.24, 2.45) is 5.73 Å². The summed E-state index contributed by atoms with van der Waals surface area (Å²) >= 11 is 0. The first-order valence-electron chi connectivity index (χ1n) is 4.95. The summed E-state index contributed by atoms with van der Waals surface area (Å²) in [7, 11) is 0. The van der Waals surface area contributed by atoms with Crippen molar-refractivity contribution < 1.29 is 4.79 Å². The molecule has 0 radical (unpaired) electrons. The van der Waals surface area contributed by atoms with Crippen LogP contribution < -0.4 is 11.1 Å². The Morgan fingerprint density at radius 3 is 2.87 bits per heavy atom. The molecule has 3 N–H and O–H groups in total. The standard InChI is InChI=1S/C12H16N2O/c1-10-4-2-3-5-11(10)6-7-12(15)14-9-8-13/h2-7H,8-9,13H2,1H3,(H,14,15)/b7-6+. The fraction of sp³-hybridized carbons (Fsp3) is 0.250. The Hall–Kier alpha value is -1.61. The largest absolute Gasteiger partial charge is 0.351 e. The SMILES string of the molecule is Cc1ccccc1/C=C/C(=O)NCCN. The number of nitrogens with two attached hydrogens (primary N) is 1. The molecule has 0 saturated carbocycles. The zero-order valence-corrected chi connectivity index (χ0v) is 8.86. The van der Waals surface area contributed by atoms with E-state index in [1.54, 1.807) is 6.08 Å². The van der Waals surface area contributed by atoms with Gasteiger partial charge in [0, 0.05) is 19.2 Å². The Balaban J connectivity index is 2.58. The Bertz CT molecular complexity index is 358. The molecule has 80 valence electrons. The zero-order chi connectivity index (χ0) is 11.1. The first-order chi connectivity index (χ1) is 7.24. The van der Waals surface area contributed by atoms with E-state index in [1.165, 1.54) is 6.08 Å². The highest BCUT2D eigenvalue weighted by Crippen LogP contribution is 2.08. The molecule has 0 aliphatic carbocycles. The summed E-state index contributed by atoms with van der Waals surface area (Å²) in [6, 6.07) is 7.91. The molecule has 0 fully saturated rings. The lowest BCUT2D eigenvalue weighted by atomic mass is 10.1. The van der Waals surface area contributed by atoms with E-state index >= 15 is 0 Å². The second-order valence-electron chi connectivity index (χ2n) is 3.27. The number of carbonyl (C=O) groups is 1. The van der Waals surface area contributed by atoms with Crippen molar-refractivity contribution in [3.8, 4) is 0 Å². The number of amides is 1. The summed E-state index contributed by atoms with van der Waals surface area (Å²) in [5, 5.41) is 2.67. The van der Waals surface area contributed by atoms with Gasteiger partial charge in [-0.3, -0.25) is 4.79 Å². The second-order valence-corrected chi connectivity index (χ2v) is 3.27. The number of hydrogen-bond acceptors (Lipinski definition) is 2. The van der Waals surface area contributed by atoms with Crippen molar-refractivity contribution in [2.75, 3.05) is 13.1 Å². The number of nitrogens with one attached hydrogen (secondary N) is 1. The second kappa shape index (κ2) is 5.98. The third kappa shape index (κ3) is 3.95. The average Bonchev–Trinajstić information content (AvgIpc) is 2.25. The number of benzene rings is 1. The van der Waals surface area contributed by atoms with E-state index < -0.39 is 0 Å². The first-order valence-corrected chi connectivity index (χ1v) is 4.95. The lowest BCUT2D eigenvalue weighted by Crippen LogP contribution is -2.27. The third-order valence-electron chi connectivity index (χ3n) is 2.05. The van der Waals surface area contributed by atoms with Gasteiger partial charge in [0.1, 0.15) is 0 Å². The highest BCUT2D eigenvalue weighted by Gasteiger charge is 1.94. The van der Waals surface area contributed by atoms with Crippen molar-refractivity contribution in [1.29, 1.82) is 0 Å². The van der Waals surface area contributed by atoms with Gasteiger partial charge >= 0.3 is 0 Å². The van der Waals surface area contributed by atoms with Crippen LogP contribution in [0.4, 0.5) is 0 Å². The summed E-state index contributed by atoms with van der Waals surface area (Å²) in [4.78, 5) is 11.2. The smallest absolute Gasteiger partial charge is 0.244 e. The predicted octanol–water partition coefficient (Wildman–Crippen LogP) is 1.08. The van der Waals surface area contributed by atoms with Crippen molar-refractivity contribution >= 4 is 12.0 Å². The quantitative estimate of drug-likeness (QED) is 0.721. The number of hydrogen-bond donors (Lipinski definition) is 2. The van der Waals surface area contributed by atoms with E-state index in [9.17, 15) is 4.79 Å². The monoisotopic (exact) mass is 204 g/mol. The van der Waals surface area contributed by atoms with E-state index in [-0.39, 0.29) is 5.91 Å². The summed E-state index contributed by atoms with van der Waals surface area (Å²) in [5.74, 6) is -0.108. The molecule has 3 heteroatoms. The Labute approximate surface area is 90.0 Å². The molecule has 1 aromatic rings. The third-order valence-corrected chi connectivity index (χ3v) is 2.05. The maximum atomic E-state index is 11.2. The first kappa shape index (κ1) is 11.5. The van der Waals surface area contributed by atoms with Gasteiger partial charge in [-0.05, 0) is 24.1 Å². The Morgan fingerprint density at radius 2 is 2.20 bits per heavy atom. The highest BCUT2D eigenvalue weighted by molar-refractivity contribution is 5.91. The number of rotatable bonds is 4. The summed E-state index contributed by atoms with van der Waals surface area (Å²) < 4.78 is 0.